The molecule has 118 valence electrons. The number of piperidine rings is 1. The summed E-state index contributed by atoms with van der Waals surface area (Å²) >= 11 is 5.79. The first kappa shape index (κ1) is 16.6. The summed E-state index contributed by atoms with van der Waals surface area (Å²) in [6.45, 7) is 4.69. The van der Waals surface area contributed by atoms with E-state index in [2.05, 4.69) is 6.92 Å². The molecule has 2 atom stereocenters. The molecule has 1 saturated heterocycles. The molecule has 0 radical (unpaired) electrons. The number of alkyl halides is 1. The van der Waals surface area contributed by atoms with E-state index in [9.17, 15) is 8.42 Å². The number of hydrogen-bond acceptors (Lipinski definition) is 3. The Morgan fingerprint density at radius 1 is 1.38 bits per heavy atom. The van der Waals surface area contributed by atoms with Gasteiger partial charge < -0.3 is 4.74 Å². The Bertz CT molecular complexity index is 603. The third-order valence-electron chi connectivity index (χ3n) is 4.05. The van der Waals surface area contributed by atoms with Gasteiger partial charge in [0.15, 0.2) is 0 Å². The predicted molar refractivity (Wildman–Crippen MR) is 84.3 cm³/mol. The van der Waals surface area contributed by atoms with Gasteiger partial charge in [0.25, 0.3) is 0 Å². The Labute approximate surface area is 132 Å². The van der Waals surface area contributed by atoms with Crippen LogP contribution in [0, 0.1) is 5.92 Å². The van der Waals surface area contributed by atoms with E-state index in [0.717, 1.165) is 18.4 Å². The molecule has 0 aliphatic carbocycles. The predicted octanol–water partition coefficient (Wildman–Crippen LogP) is 3.24. The smallest absolute Gasteiger partial charge is 0.246 e. The van der Waals surface area contributed by atoms with Crippen molar-refractivity contribution >= 4 is 21.6 Å². The summed E-state index contributed by atoms with van der Waals surface area (Å²) in [6.07, 6.45) is 1.78. The fourth-order valence-electron chi connectivity index (χ4n) is 2.88. The van der Waals surface area contributed by atoms with Gasteiger partial charge in [-0.15, -0.1) is 11.6 Å². The lowest BCUT2D eigenvalue weighted by Gasteiger charge is -2.35. The summed E-state index contributed by atoms with van der Waals surface area (Å²) in [5.41, 5.74) is 0.841. The molecule has 1 heterocycles. The minimum Gasteiger partial charge on any atom is -0.495 e. The van der Waals surface area contributed by atoms with E-state index in [1.807, 2.05) is 6.92 Å². The van der Waals surface area contributed by atoms with Crippen LogP contribution in [0.5, 0.6) is 5.75 Å². The van der Waals surface area contributed by atoms with Crippen molar-refractivity contribution in [2.24, 2.45) is 5.92 Å². The van der Waals surface area contributed by atoms with Crippen molar-refractivity contribution in [3.05, 3.63) is 23.8 Å². The lowest BCUT2D eigenvalue weighted by molar-refractivity contribution is 0.219. The molecule has 0 bridgehead atoms. The van der Waals surface area contributed by atoms with Crippen LogP contribution in [0.1, 0.15) is 32.3 Å². The van der Waals surface area contributed by atoms with Crippen LogP contribution in [0.2, 0.25) is 0 Å². The number of halogens is 1. The van der Waals surface area contributed by atoms with Gasteiger partial charge in [-0.05, 0) is 43.4 Å². The maximum atomic E-state index is 12.9. The van der Waals surface area contributed by atoms with Gasteiger partial charge in [-0.25, -0.2) is 8.42 Å². The zero-order valence-electron chi connectivity index (χ0n) is 12.7. The number of ether oxygens (including phenoxy) is 1. The van der Waals surface area contributed by atoms with E-state index < -0.39 is 10.0 Å². The Balaban J connectivity index is 2.39. The Hall–Kier alpha value is -0.780. The van der Waals surface area contributed by atoms with Crippen LogP contribution in [0.3, 0.4) is 0 Å². The van der Waals surface area contributed by atoms with E-state index in [1.54, 1.807) is 22.5 Å². The molecule has 1 aromatic carbocycles. The van der Waals surface area contributed by atoms with Crippen LogP contribution in [0.15, 0.2) is 23.1 Å². The van der Waals surface area contributed by atoms with Crippen molar-refractivity contribution in [2.75, 3.05) is 13.7 Å². The van der Waals surface area contributed by atoms with Crippen molar-refractivity contribution in [1.82, 2.24) is 4.31 Å². The fourth-order valence-corrected chi connectivity index (χ4v) is 4.84. The van der Waals surface area contributed by atoms with Crippen LogP contribution in [0.25, 0.3) is 0 Å². The number of sulfonamides is 1. The molecule has 21 heavy (non-hydrogen) atoms. The number of methoxy groups -OCH3 is 1. The van der Waals surface area contributed by atoms with Gasteiger partial charge in [0.05, 0.1) is 7.11 Å². The van der Waals surface area contributed by atoms with E-state index >= 15 is 0 Å². The highest BCUT2D eigenvalue weighted by molar-refractivity contribution is 7.89. The average molecular weight is 332 g/mol. The summed E-state index contributed by atoms with van der Waals surface area (Å²) in [5, 5.41) is 0. The molecule has 0 amide bonds. The second-order valence-electron chi connectivity index (χ2n) is 5.71. The molecule has 1 aromatic rings. The normalized spacial score (nSPS) is 24.0. The van der Waals surface area contributed by atoms with Gasteiger partial charge in [0.2, 0.25) is 10.0 Å². The first-order chi connectivity index (χ1) is 9.90. The molecule has 1 aliphatic rings. The van der Waals surface area contributed by atoms with E-state index in [0.29, 0.717) is 24.1 Å². The second kappa shape index (κ2) is 6.55. The van der Waals surface area contributed by atoms with Gasteiger partial charge in [-0.1, -0.05) is 13.0 Å². The minimum absolute atomic E-state index is 0.0103. The highest BCUT2D eigenvalue weighted by atomic mass is 35.5. The average Bonchev–Trinajstić information content (AvgIpc) is 2.46. The summed E-state index contributed by atoms with van der Waals surface area (Å²) in [5.74, 6) is 1.25. The van der Waals surface area contributed by atoms with Crippen molar-refractivity contribution in [1.29, 1.82) is 0 Å². The molecule has 0 saturated carbocycles. The first-order valence-electron chi connectivity index (χ1n) is 7.15. The quantitative estimate of drug-likeness (QED) is 0.796. The Kier molecular flexibility index (Phi) is 5.17. The molecule has 2 rings (SSSR count). The molecular weight excluding hydrogens is 310 g/mol. The van der Waals surface area contributed by atoms with Crippen molar-refractivity contribution < 1.29 is 13.2 Å². The monoisotopic (exact) mass is 331 g/mol. The first-order valence-corrected chi connectivity index (χ1v) is 9.12. The second-order valence-corrected chi connectivity index (χ2v) is 7.84. The van der Waals surface area contributed by atoms with Crippen LogP contribution < -0.4 is 4.74 Å². The zero-order chi connectivity index (χ0) is 15.6. The van der Waals surface area contributed by atoms with Gasteiger partial charge in [-0.2, -0.15) is 4.31 Å². The molecule has 0 spiro atoms. The molecule has 1 fully saturated rings. The van der Waals surface area contributed by atoms with E-state index in [1.165, 1.54) is 7.11 Å². The highest BCUT2D eigenvalue weighted by Gasteiger charge is 2.34. The molecule has 0 N–H and O–H groups in total. The minimum atomic E-state index is -3.54. The number of benzene rings is 1. The van der Waals surface area contributed by atoms with Gasteiger partial charge in [0, 0.05) is 18.5 Å². The summed E-state index contributed by atoms with van der Waals surface area (Å²) in [6, 6.07) is 5.03. The molecule has 2 unspecified atom stereocenters. The molecule has 1 aliphatic heterocycles. The Morgan fingerprint density at radius 3 is 2.67 bits per heavy atom. The Morgan fingerprint density at radius 2 is 2.10 bits per heavy atom. The summed E-state index contributed by atoms with van der Waals surface area (Å²) in [7, 11) is -2.06. The number of hydrogen-bond donors (Lipinski definition) is 0. The van der Waals surface area contributed by atoms with Crippen LogP contribution in [0.4, 0.5) is 0 Å². The summed E-state index contributed by atoms with van der Waals surface area (Å²) < 4.78 is 32.6. The molecule has 0 aromatic heterocycles. The standard InChI is InChI=1S/C15H22ClNO3S/c1-11-6-7-17(12(2)8-11)21(18,19)15-5-4-13(10-16)9-14(15)20-3/h4-5,9,11-12H,6-8,10H2,1-3H3. The van der Waals surface area contributed by atoms with E-state index in [4.69, 9.17) is 16.3 Å². The van der Waals surface area contributed by atoms with Gasteiger partial charge in [-0.3, -0.25) is 0 Å². The molecule has 6 heteroatoms. The zero-order valence-corrected chi connectivity index (χ0v) is 14.2. The van der Waals surface area contributed by atoms with E-state index in [-0.39, 0.29) is 10.9 Å². The van der Waals surface area contributed by atoms with Gasteiger partial charge in [0.1, 0.15) is 10.6 Å². The highest BCUT2D eigenvalue weighted by Crippen LogP contribution is 2.33. The van der Waals surface area contributed by atoms with Crippen LogP contribution in [-0.2, 0) is 15.9 Å². The largest absolute Gasteiger partial charge is 0.495 e. The number of nitrogens with zero attached hydrogens (tertiary/aromatic N) is 1. The number of rotatable bonds is 4. The molecule has 4 nitrogen and oxygen atoms in total. The lowest BCUT2D eigenvalue weighted by Crippen LogP contribution is -2.44. The SMILES string of the molecule is COc1cc(CCl)ccc1S(=O)(=O)N1CCC(C)CC1C. The maximum Gasteiger partial charge on any atom is 0.246 e. The summed E-state index contributed by atoms with van der Waals surface area (Å²) in [4.78, 5) is 0.222. The topological polar surface area (TPSA) is 46.6 Å². The maximum absolute atomic E-state index is 12.9. The van der Waals surface area contributed by atoms with Crippen molar-refractivity contribution in [3.8, 4) is 5.75 Å². The van der Waals surface area contributed by atoms with Crippen LogP contribution in [-0.4, -0.2) is 32.4 Å². The fraction of sp³-hybridized carbons (Fsp3) is 0.600. The van der Waals surface area contributed by atoms with Gasteiger partial charge >= 0.3 is 0 Å². The van der Waals surface area contributed by atoms with Crippen LogP contribution >= 0.6 is 11.6 Å². The third-order valence-corrected chi connectivity index (χ3v) is 6.41. The molecular formula is C15H22ClNO3S. The van der Waals surface area contributed by atoms with Crippen molar-refractivity contribution in [3.63, 3.8) is 0 Å². The third kappa shape index (κ3) is 3.35. The lowest BCUT2D eigenvalue weighted by atomic mass is 9.95. The van der Waals surface area contributed by atoms with Crippen molar-refractivity contribution in [2.45, 2.75) is 43.5 Å².